The molecule has 0 aliphatic rings. The van der Waals surface area contributed by atoms with Gasteiger partial charge in [0.25, 0.3) is 11.8 Å². The van der Waals surface area contributed by atoms with Crippen LogP contribution in [-0.4, -0.2) is 37.1 Å². The molecule has 2 aromatic carbocycles. The van der Waals surface area contributed by atoms with E-state index >= 15 is 0 Å². The summed E-state index contributed by atoms with van der Waals surface area (Å²) in [6.07, 6.45) is 0. The molecule has 0 radical (unpaired) electrons. The van der Waals surface area contributed by atoms with Crippen molar-refractivity contribution in [3.8, 4) is 0 Å². The lowest BCUT2D eigenvalue weighted by atomic mass is 10.1. The van der Waals surface area contributed by atoms with Gasteiger partial charge in [0.1, 0.15) is 5.69 Å². The number of anilines is 1. The zero-order valence-corrected chi connectivity index (χ0v) is 14.8. The molecule has 0 aliphatic heterocycles. The number of carbonyl (C=O) groups excluding carboxylic acids is 2. The molecule has 3 rings (SSSR count). The van der Waals surface area contributed by atoms with Crippen molar-refractivity contribution in [2.75, 3.05) is 25.6 Å². The van der Waals surface area contributed by atoms with Gasteiger partial charge in [-0.1, -0.05) is 35.9 Å². The van der Waals surface area contributed by atoms with Crippen LogP contribution in [-0.2, 0) is 4.74 Å². The number of methoxy groups -OCH3 is 1. The van der Waals surface area contributed by atoms with E-state index in [4.69, 9.17) is 4.74 Å². The SMILES string of the molecule is COCCNC(=O)c1[nH]c2ccccc2c1NC(=O)c1cccc(C)c1. The first-order valence-electron chi connectivity index (χ1n) is 8.36. The van der Waals surface area contributed by atoms with Gasteiger partial charge in [-0.15, -0.1) is 0 Å². The number of hydrogen-bond donors (Lipinski definition) is 3. The molecule has 0 aliphatic carbocycles. The third-order valence-electron chi connectivity index (χ3n) is 4.04. The van der Waals surface area contributed by atoms with E-state index < -0.39 is 0 Å². The van der Waals surface area contributed by atoms with Gasteiger partial charge in [0, 0.05) is 30.1 Å². The van der Waals surface area contributed by atoms with E-state index in [2.05, 4.69) is 15.6 Å². The molecule has 2 amide bonds. The number of rotatable bonds is 6. The van der Waals surface area contributed by atoms with E-state index in [0.29, 0.717) is 30.1 Å². The Bertz CT molecular complexity index is 946. The Morgan fingerprint density at radius 3 is 2.65 bits per heavy atom. The second-order valence-electron chi connectivity index (χ2n) is 5.99. The Morgan fingerprint density at radius 1 is 1.08 bits per heavy atom. The lowest BCUT2D eigenvalue weighted by Crippen LogP contribution is -2.28. The van der Waals surface area contributed by atoms with Crippen LogP contribution in [0.3, 0.4) is 0 Å². The van der Waals surface area contributed by atoms with E-state index in [9.17, 15) is 9.59 Å². The lowest BCUT2D eigenvalue weighted by molar-refractivity contribution is 0.0934. The lowest BCUT2D eigenvalue weighted by Gasteiger charge is -2.09. The summed E-state index contributed by atoms with van der Waals surface area (Å²) in [5, 5.41) is 6.45. The molecule has 6 nitrogen and oxygen atoms in total. The fourth-order valence-electron chi connectivity index (χ4n) is 2.77. The predicted molar refractivity (Wildman–Crippen MR) is 102 cm³/mol. The highest BCUT2D eigenvalue weighted by Crippen LogP contribution is 2.28. The summed E-state index contributed by atoms with van der Waals surface area (Å²) in [7, 11) is 1.57. The van der Waals surface area contributed by atoms with Gasteiger partial charge in [-0.25, -0.2) is 0 Å². The Labute approximate surface area is 151 Å². The molecular weight excluding hydrogens is 330 g/mol. The van der Waals surface area contributed by atoms with Crippen molar-refractivity contribution in [3.05, 3.63) is 65.4 Å². The van der Waals surface area contributed by atoms with Crippen molar-refractivity contribution >= 4 is 28.4 Å². The summed E-state index contributed by atoms with van der Waals surface area (Å²) < 4.78 is 4.96. The van der Waals surface area contributed by atoms with Crippen LogP contribution in [0.2, 0.25) is 0 Å². The number of benzene rings is 2. The van der Waals surface area contributed by atoms with E-state index in [-0.39, 0.29) is 11.8 Å². The molecule has 0 fully saturated rings. The van der Waals surface area contributed by atoms with Gasteiger partial charge < -0.3 is 20.4 Å². The molecule has 3 N–H and O–H groups in total. The summed E-state index contributed by atoms with van der Waals surface area (Å²) in [6.45, 7) is 2.73. The molecule has 0 unspecified atom stereocenters. The van der Waals surface area contributed by atoms with Crippen LogP contribution in [0.5, 0.6) is 0 Å². The molecule has 3 aromatic rings. The van der Waals surface area contributed by atoms with Gasteiger partial charge >= 0.3 is 0 Å². The van der Waals surface area contributed by atoms with Crippen LogP contribution in [0.15, 0.2) is 48.5 Å². The van der Waals surface area contributed by atoms with Crippen molar-refractivity contribution in [1.29, 1.82) is 0 Å². The van der Waals surface area contributed by atoms with E-state index in [0.717, 1.165) is 16.5 Å². The van der Waals surface area contributed by atoms with E-state index in [1.165, 1.54) is 0 Å². The topological polar surface area (TPSA) is 83.2 Å². The third-order valence-corrected chi connectivity index (χ3v) is 4.04. The first kappa shape index (κ1) is 17.7. The molecule has 0 spiro atoms. The molecule has 26 heavy (non-hydrogen) atoms. The Kier molecular flexibility index (Phi) is 5.34. The Balaban J connectivity index is 1.94. The second-order valence-corrected chi connectivity index (χ2v) is 5.99. The maximum Gasteiger partial charge on any atom is 0.269 e. The predicted octanol–water partition coefficient (Wildman–Crippen LogP) is 3.10. The van der Waals surface area contributed by atoms with E-state index in [1.54, 1.807) is 13.2 Å². The number of aryl methyl sites for hydroxylation is 1. The first-order valence-corrected chi connectivity index (χ1v) is 8.36. The average molecular weight is 351 g/mol. The van der Waals surface area contributed by atoms with E-state index in [1.807, 2.05) is 49.4 Å². The number of ether oxygens (including phenoxy) is 1. The monoisotopic (exact) mass is 351 g/mol. The minimum atomic E-state index is -0.294. The highest BCUT2D eigenvalue weighted by molar-refractivity contribution is 6.15. The largest absolute Gasteiger partial charge is 0.383 e. The molecule has 134 valence electrons. The number of amides is 2. The minimum Gasteiger partial charge on any atom is -0.383 e. The van der Waals surface area contributed by atoms with Gasteiger partial charge in [-0.3, -0.25) is 9.59 Å². The zero-order valence-electron chi connectivity index (χ0n) is 14.8. The van der Waals surface area contributed by atoms with Crippen LogP contribution in [0.1, 0.15) is 26.4 Å². The Hall–Kier alpha value is -3.12. The molecular formula is C20H21N3O3. The van der Waals surface area contributed by atoms with Crippen LogP contribution in [0.4, 0.5) is 5.69 Å². The number of nitrogens with one attached hydrogen (secondary N) is 3. The third kappa shape index (κ3) is 3.75. The maximum atomic E-state index is 12.7. The molecule has 0 bridgehead atoms. The van der Waals surface area contributed by atoms with Crippen LogP contribution < -0.4 is 10.6 Å². The fraction of sp³-hybridized carbons (Fsp3) is 0.200. The summed E-state index contributed by atoms with van der Waals surface area (Å²) in [6, 6.07) is 14.8. The van der Waals surface area contributed by atoms with Crippen molar-refractivity contribution in [3.63, 3.8) is 0 Å². The molecule has 0 saturated heterocycles. The number of hydrogen-bond acceptors (Lipinski definition) is 3. The summed E-state index contributed by atoms with van der Waals surface area (Å²) in [5.41, 5.74) is 3.12. The highest BCUT2D eigenvalue weighted by atomic mass is 16.5. The highest BCUT2D eigenvalue weighted by Gasteiger charge is 2.20. The molecule has 1 aromatic heterocycles. The van der Waals surface area contributed by atoms with Gasteiger partial charge in [-0.2, -0.15) is 0 Å². The number of H-pyrrole nitrogens is 1. The number of aromatic nitrogens is 1. The van der Waals surface area contributed by atoms with Crippen molar-refractivity contribution in [2.24, 2.45) is 0 Å². The molecule has 0 atom stereocenters. The van der Waals surface area contributed by atoms with Crippen LogP contribution in [0, 0.1) is 6.92 Å². The van der Waals surface area contributed by atoms with Crippen LogP contribution >= 0.6 is 0 Å². The second kappa shape index (κ2) is 7.84. The quantitative estimate of drug-likeness (QED) is 0.597. The summed E-state index contributed by atoms with van der Waals surface area (Å²) >= 11 is 0. The number of para-hydroxylation sites is 1. The maximum absolute atomic E-state index is 12.7. The molecule has 0 saturated carbocycles. The number of fused-ring (bicyclic) bond motifs is 1. The molecule has 6 heteroatoms. The number of carbonyl (C=O) groups is 2. The van der Waals surface area contributed by atoms with Crippen LogP contribution in [0.25, 0.3) is 10.9 Å². The molecule has 1 heterocycles. The van der Waals surface area contributed by atoms with Crippen molar-refractivity contribution < 1.29 is 14.3 Å². The van der Waals surface area contributed by atoms with Gasteiger partial charge in [0.05, 0.1) is 12.3 Å². The zero-order chi connectivity index (χ0) is 18.5. The minimum absolute atomic E-state index is 0.260. The first-order chi connectivity index (χ1) is 12.6. The standard InChI is InChI=1S/C20H21N3O3/c1-13-6-5-7-14(12-13)19(24)23-17-15-8-3-4-9-16(15)22-18(17)20(25)21-10-11-26-2/h3-9,12,22H,10-11H2,1-2H3,(H,21,25)(H,23,24). The van der Waals surface area contributed by atoms with Gasteiger partial charge in [-0.05, 0) is 25.1 Å². The van der Waals surface area contributed by atoms with Gasteiger partial charge in [0.15, 0.2) is 0 Å². The Morgan fingerprint density at radius 2 is 1.88 bits per heavy atom. The van der Waals surface area contributed by atoms with Crippen molar-refractivity contribution in [1.82, 2.24) is 10.3 Å². The number of aromatic amines is 1. The van der Waals surface area contributed by atoms with Crippen molar-refractivity contribution in [2.45, 2.75) is 6.92 Å². The summed E-state index contributed by atoms with van der Waals surface area (Å²) in [5.74, 6) is -0.554. The normalized spacial score (nSPS) is 10.7. The summed E-state index contributed by atoms with van der Waals surface area (Å²) in [4.78, 5) is 28.3. The fourth-order valence-corrected chi connectivity index (χ4v) is 2.77. The average Bonchev–Trinajstić information content (AvgIpc) is 3.00. The smallest absolute Gasteiger partial charge is 0.269 e. The van der Waals surface area contributed by atoms with Gasteiger partial charge in [0.2, 0.25) is 0 Å².